The Hall–Kier alpha value is -1.21. The van der Waals surface area contributed by atoms with Gasteiger partial charge in [-0.3, -0.25) is 14.1 Å². The summed E-state index contributed by atoms with van der Waals surface area (Å²) in [4.78, 5) is 42.1. The highest BCUT2D eigenvalue weighted by atomic mass is 31.2. The van der Waals surface area contributed by atoms with Crippen molar-refractivity contribution in [2.45, 2.75) is 148 Å². The molecule has 0 amide bonds. The zero-order chi connectivity index (χ0) is 28.3. The molecule has 9 heteroatoms. The quantitative estimate of drug-likeness (QED) is 0.0448. The van der Waals surface area contributed by atoms with Gasteiger partial charge in [0.1, 0.15) is 6.61 Å². The first kappa shape index (κ1) is 36.8. The standard InChI is InChI=1S/C29H55O8P/c1-3-5-7-9-10-11-12-13-14-15-16-17-18-20-22-24-29(31)37-27(26-36-38(32,33)34)25-35-28(30)23-21-19-8-6-4-2/h11-12,27H,3-10,13-26H2,1-2H3,(H2,32,33,34)/b12-11+/t27-/m1/s1. The van der Waals surface area contributed by atoms with Gasteiger partial charge in [0, 0.05) is 12.8 Å². The van der Waals surface area contributed by atoms with Crippen molar-refractivity contribution < 1.29 is 37.9 Å². The summed E-state index contributed by atoms with van der Waals surface area (Å²) < 4.78 is 25.9. The van der Waals surface area contributed by atoms with Crippen molar-refractivity contribution in [1.82, 2.24) is 0 Å². The second-order valence-electron chi connectivity index (χ2n) is 10.1. The topological polar surface area (TPSA) is 119 Å². The van der Waals surface area contributed by atoms with E-state index in [1.807, 2.05) is 0 Å². The molecule has 1 atom stereocenters. The van der Waals surface area contributed by atoms with Crippen LogP contribution < -0.4 is 0 Å². The monoisotopic (exact) mass is 562 g/mol. The average molecular weight is 563 g/mol. The van der Waals surface area contributed by atoms with E-state index in [0.717, 1.165) is 57.8 Å². The molecule has 0 aromatic rings. The fourth-order valence-corrected chi connectivity index (χ4v) is 4.37. The van der Waals surface area contributed by atoms with Gasteiger partial charge in [-0.2, -0.15) is 0 Å². The van der Waals surface area contributed by atoms with Crippen molar-refractivity contribution in [2.75, 3.05) is 13.2 Å². The van der Waals surface area contributed by atoms with Gasteiger partial charge in [-0.1, -0.05) is 103 Å². The molecule has 8 nitrogen and oxygen atoms in total. The Morgan fingerprint density at radius 1 is 0.658 bits per heavy atom. The molecular formula is C29H55O8P. The molecule has 38 heavy (non-hydrogen) atoms. The number of carbonyl (C=O) groups is 2. The lowest BCUT2D eigenvalue weighted by atomic mass is 10.1. The van der Waals surface area contributed by atoms with Gasteiger partial charge in [-0.25, -0.2) is 4.57 Å². The third-order valence-electron chi connectivity index (χ3n) is 6.28. The van der Waals surface area contributed by atoms with Crippen LogP contribution in [0.1, 0.15) is 142 Å². The van der Waals surface area contributed by atoms with Crippen LogP contribution >= 0.6 is 7.82 Å². The summed E-state index contributed by atoms with van der Waals surface area (Å²) in [6.45, 7) is 3.53. The van der Waals surface area contributed by atoms with Crippen LogP contribution in [0.3, 0.4) is 0 Å². The molecule has 224 valence electrons. The minimum absolute atomic E-state index is 0.209. The number of esters is 2. The second-order valence-corrected chi connectivity index (χ2v) is 11.3. The average Bonchev–Trinajstić information content (AvgIpc) is 2.87. The molecule has 0 bridgehead atoms. The summed E-state index contributed by atoms with van der Waals surface area (Å²) in [5, 5.41) is 0. The Morgan fingerprint density at radius 2 is 1.11 bits per heavy atom. The molecule has 0 aliphatic carbocycles. The highest BCUT2D eigenvalue weighted by Crippen LogP contribution is 2.35. The SMILES string of the molecule is CCCCCC/C=C/CCCCCCCCCC(=O)O[C@H](COC(=O)CCCCCCC)COP(=O)(O)O. The van der Waals surface area contributed by atoms with Crippen molar-refractivity contribution in [3.63, 3.8) is 0 Å². The van der Waals surface area contributed by atoms with E-state index in [1.54, 1.807) is 0 Å². The maximum Gasteiger partial charge on any atom is 0.469 e. The summed E-state index contributed by atoms with van der Waals surface area (Å²) in [5.74, 6) is -0.904. The number of carbonyl (C=O) groups excluding carboxylic acids is 2. The van der Waals surface area contributed by atoms with Crippen LogP contribution in [0.5, 0.6) is 0 Å². The van der Waals surface area contributed by atoms with Gasteiger partial charge in [0.25, 0.3) is 0 Å². The molecule has 0 unspecified atom stereocenters. The lowest BCUT2D eigenvalue weighted by Crippen LogP contribution is -2.29. The largest absolute Gasteiger partial charge is 0.469 e. The van der Waals surface area contributed by atoms with Crippen molar-refractivity contribution in [3.05, 3.63) is 12.2 Å². The van der Waals surface area contributed by atoms with E-state index in [0.29, 0.717) is 6.42 Å². The Bertz CT molecular complexity index is 646. The Labute approximate surface area is 231 Å². The number of hydrogen-bond donors (Lipinski definition) is 2. The summed E-state index contributed by atoms with van der Waals surface area (Å²) in [7, 11) is -4.73. The van der Waals surface area contributed by atoms with Crippen LogP contribution in [-0.4, -0.2) is 41.0 Å². The van der Waals surface area contributed by atoms with Gasteiger partial charge in [-0.05, 0) is 38.5 Å². The molecule has 0 spiro atoms. The maximum atomic E-state index is 12.2. The molecule has 0 aliphatic heterocycles. The summed E-state index contributed by atoms with van der Waals surface area (Å²) in [6.07, 6.45) is 24.1. The van der Waals surface area contributed by atoms with Gasteiger partial charge in [-0.15, -0.1) is 0 Å². The predicted molar refractivity (Wildman–Crippen MR) is 152 cm³/mol. The van der Waals surface area contributed by atoms with Crippen LogP contribution in [0, 0.1) is 0 Å². The first-order valence-electron chi connectivity index (χ1n) is 15.0. The van der Waals surface area contributed by atoms with E-state index in [4.69, 9.17) is 19.3 Å². The zero-order valence-corrected chi connectivity index (χ0v) is 25.0. The smallest absolute Gasteiger partial charge is 0.462 e. The minimum atomic E-state index is -4.73. The molecule has 0 fully saturated rings. The number of ether oxygens (including phenoxy) is 2. The molecule has 0 aromatic carbocycles. The van der Waals surface area contributed by atoms with Gasteiger partial charge >= 0.3 is 19.8 Å². The Morgan fingerprint density at radius 3 is 1.63 bits per heavy atom. The Kier molecular flexibility index (Phi) is 25.2. The van der Waals surface area contributed by atoms with E-state index in [9.17, 15) is 14.2 Å². The van der Waals surface area contributed by atoms with E-state index in [1.165, 1.54) is 51.4 Å². The predicted octanol–water partition coefficient (Wildman–Crippen LogP) is 7.95. The molecule has 0 radical (unpaired) electrons. The third-order valence-corrected chi connectivity index (χ3v) is 6.77. The molecule has 0 rings (SSSR count). The van der Waals surface area contributed by atoms with Gasteiger partial charge in [0.05, 0.1) is 6.61 Å². The van der Waals surface area contributed by atoms with E-state index in [-0.39, 0.29) is 19.4 Å². The molecule has 0 saturated heterocycles. The molecular weight excluding hydrogens is 507 g/mol. The van der Waals surface area contributed by atoms with Gasteiger partial charge < -0.3 is 19.3 Å². The number of unbranched alkanes of at least 4 members (excludes halogenated alkanes) is 15. The zero-order valence-electron chi connectivity index (χ0n) is 24.1. The second kappa shape index (κ2) is 26.0. The van der Waals surface area contributed by atoms with Crippen LogP contribution in [0.2, 0.25) is 0 Å². The molecule has 0 aromatic heterocycles. The first-order chi connectivity index (χ1) is 18.3. The van der Waals surface area contributed by atoms with E-state index < -0.39 is 32.5 Å². The highest BCUT2D eigenvalue weighted by molar-refractivity contribution is 7.46. The van der Waals surface area contributed by atoms with Crippen LogP contribution in [0.25, 0.3) is 0 Å². The maximum absolute atomic E-state index is 12.2. The molecule has 0 aliphatic rings. The van der Waals surface area contributed by atoms with Crippen molar-refractivity contribution in [3.8, 4) is 0 Å². The number of hydrogen-bond acceptors (Lipinski definition) is 6. The van der Waals surface area contributed by atoms with Gasteiger partial charge in [0.2, 0.25) is 0 Å². The summed E-state index contributed by atoms with van der Waals surface area (Å²) in [5.41, 5.74) is 0. The lowest BCUT2D eigenvalue weighted by molar-refractivity contribution is -0.161. The fraction of sp³-hybridized carbons (Fsp3) is 0.862. The van der Waals surface area contributed by atoms with Crippen molar-refractivity contribution in [1.29, 1.82) is 0 Å². The first-order valence-corrected chi connectivity index (χ1v) is 16.5. The Balaban J connectivity index is 3.97. The van der Waals surface area contributed by atoms with Gasteiger partial charge in [0.15, 0.2) is 6.10 Å². The number of phosphoric ester groups is 1. The number of phosphoric acid groups is 1. The van der Waals surface area contributed by atoms with Crippen molar-refractivity contribution in [2.24, 2.45) is 0 Å². The number of allylic oxidation sites excluding steroid dienone is 2. The van der Waals surface area contributed by atoms with Crippen LogP contribution in [-0.2, 0) is 28.2 Å². The third kappa shape index (κ3) is 27.8. The summed E-state index contributed by atoms with van der Waals surface area (Å²) in [6, 6.07) is 0. The normalized spacial score (nSPS) is 12.6. The molecule has 2 N–H and O–H groups in total. The van der Waals surface area contributed by atoms with Crippen LogP contribution in [0.4, 0.5) is 0 Å². The van der Waals surface area contributed by atoms with Crippen molar-refractivity contribution >= 4 is 19.8 Å². The minimum Gasteiger partial charge on any atom is -0.462 e. The van der Waals surface area contributed by atoms with Crippen LogP contribution in [0.15, 0.2) is 12.2 Å². The van der Waals surface area contributed by atoms with E-state index >= 15 is 0 Å². The number of rotatable bonds is 27. The molecule has 0 heterocycles. The van der Waals surface area contributed by atoms with E-state index in [2.05, 4.69) is 30.5 Å². The summed E-state index contributed by atoms with van der Waals surface area (Å²) >= 11 is 0. The highest BCUT2D eigenvalue weighted by Gasteiger charge is 2.22. The fourth-order valence-electron chi connectivity index (χ4n) is 4.01. The lowest BCUT2D eigenvalue weighted by Gasteiger charge is -2.18. The molecule has 0 saturated carbocycles.